The lowest BCUT2D eigenvalue weighted by Crippen LogP contribution is -2.42. The van der Waals surface area contributed by atoms with Gasteiger partial charge in [-0.15, -0.1) is 0 Å². The van der Waals surface area contributed by atoms with Crippen molar-refractivity contribution >= 4 is 21.6 Å². The van der Waals surface area contributed by atoms with Gasteiger partial charge in [0.15, 0.2) is 0 Å². The molecule has 5 nitrogen and oxygen atoms in total. The lowest BCUT2D eigenvalue weighted by atomic mass is 9.99. The Labute approximate surface area is 213 Å². The number of carbonyl (C=O) groups excluding carboxylic acids is 1. The molecule has 0 aromatic heterocycles. The first-order valence-corrected chi connectivity index (χ1v) is 12.7. The summed E-state index contributed by atoms with van der Waals surface area (Å²) >= 11 is 0. The van der Waals surface area contributed by atoms with Crippen LogP contribution in [0.4, 0.5) is 18.9 Å². The maximum absolute atomic E-state index is 13.5. The molecule has 0 heterocycles. The molecule has 9 heteroatoms. The second-order valence-electron chi connectivity index (χ2n) is 8.19. The summed E-state index contributed by atoms with van der Waals surface area (Å²) in [5.41, 5.74) is 0.229. The molecule has 1 amide bonds. The molecule has 0 spiro atoms. The largest absolute Gasteiger partial charge is 0.416 e. The van der Waals surface area contributed by atoms with E-state index in [1.54, 1.807) is 6.07 Å². The van der Waals surface area contributed by atoms with Crippen molar-refractivity contribution in [3.8, 4) is 0 Å². The Bertz CT molecular complexity index is 1410. The molecule has 0 bridgehead atoms. The molecule has 1 N–H and O–H groups in total. The highest BCUT2D eigenvalue weighted by molar-refractivity contribution is 7.92. The second kappa shape index (κ2) is 10.9. The lowest BCUT2D eigenvalue weighted by molar-refractivity contribution is -0.137. The first-order chi connectivity index (χ1) is 17.7. The molecule has 4 aromatic carbocycles. The number of nitrogens with one attached hydrogen (secondary N) is 1. The topological polar surface area (TPSA) is 66.5 Å². The van der Waals surface area contributed by atoms with Crippen LogP contribution in [0.1, 0.15) is 22.7 Å². The lowest BCUT2D eigenvalue weighted by Gasteiger charge is -2.26. The first kappa shape index (κ1) is 26.0. The minimum Gasteiger partial charge on any atom is -0.344 e. The molecule has 0 aliphatic carbocycles. The van der Waals surface area contributed by atoms with Crippen molar-refractivity contribution in [1.29, 1.82) is 0 Å². The Morgan fingerprint density at radius 3 is 1.78 bits per heavy atom. The molecule has 0 saturated heterocycles. The predicted molar refractivity (Wildman–Crippen MR) is 135 cm³/mol. The van der Waals surface area contributed by atoms with Crippen molar-refractivity contribution in [3.63, 3.8) is 0 Å². The van der Waals surface area contributed by atoms with Crippen molar-refractivity contribution in [3.05, 3.63) is 132 Å². The van der Waals surface area contributed by atoms with Gasteiger partial charge in [-0.1, -0.05) is 84.9 Å². The molecular weight excluding hydrogens is 501 g/mol. The Balaban J connectivity index is 1.71. The summed E-state index contributed by atoms with van der Waals surface area (Å²) < 4.78 is 68.0. The summed E-state index contributed by atoms with van der Waals surface area (Å²) in [5, 5.41) is 2.85. The second-order valence-corrected chi connectivity index (χ2v) is 10.1. The number of nitrogens with zero attached hydrogens (tertiary/aromatic N) is 1. The average Bonchev–Trinajstić information content (AvgIpc) is 2.91. The quantitative estimate of drug-likeness (QED) is 0.317. The van der Waals surface area contributed by atoms with E-state index in [1.165, 1.54) is 30.3 Å². The fourth-order valence-corrected chi connectivity index (χ4v) is 5.29. The first-order valence-electron chi connectivity index (χ1n) is 11.3. The molecule has 0 aliphatic rings. The molecule has 0 radical (unpaired) electrons. The molecular formula is C28H23F3N2O3S. The maximum atomic E-state index is 13.5. The summed E-state index contributed by atoms with van der Waals surface area (Å²) in [6.45, 7) is -0.727. The van der Waals surface area contributed by atoms with Crippen LogP contribution in [-0.4, -0.2) is 20.9 Å². The summed E-state index contributed by atoms with van der Waals surface area (Å²) in [6.07, 6.45) is -4.69. The van der Waals surface area contributed by atoms with E-state index in [2.05, 4.69) is 5.32 Å². The number of alkyl halides is 3. The van der Waals surface area contributed by atoms with Crippen molar-refractivity contribution in [2.24, 2.45) is 0 Å². The van der Waals surface area contributed by atoms with E-state index in [-0.39, 0.29) is 10.6 Å². The number of rotatable bonds is 8. The van der Waals surface area contributed by atoms with Crippen LogP contribution in [0, 0.1) is 0 Å². The molecule has 4 rings (SSSR count). The highest BCUT2D eigenvalue weighted by atomic mass is 32.2. The number of halogens is 3. The summed E-state index contributed by atoms with van der Waals surface area (Å²) in [4.78, 5) is 13.2. The van der Waals surface area contributed by atoms with Crippen molar-refractivity contribution in [1.82, 2.24) is 5.32 Å². The van der Waals surface area contributed by atoms with E-state index in [1.807, 2.05) is 60.7 Å². The third-order valence-electron chi connectivity index (χ3n) is 5.65. The van der Waals surface area contributed by atoms with Gasteiger partial charge in [0.05, 0.1) is 22.2 Å². The highest BCUT2D eigenvalue weighted by Gasteiger charge is 2.33. The molecule has 0 fully saturated rings. The van der Waals surface area contributed by atoms with Crippen LogP contribution in [0.25, 0.3) is 0 Å². The third-order valence-corrected chi connectivity index (χ3v) is 7.44. The van der Waals surface area contributed by atoms with Crippen molar-refractivity contribution < 1.29 is 26.4 Å². The minimum absolute atomic E-state index is 0.150. The number of benzene rings is 4. The minimum atomic E-state index is -4.69. The number of hydrogen-bond acceptors (Lipinski definition) is 3. The van der Waals surface area contributed by atoms with Gasteiger partial charge in [0, 0.05) is 0 Å². The molecule has 0 aliphatic heterocycles. The SMILES string of the molecule is O=C(CN(c1cccc(C(F)(F)F)c1)S(=O)(=O)c1ccccc1)NC(c1ccccc1)c1ccccc1. The summed E-state index contributed by atoms with van der Waals surface area (Å²) in [6, 6.07) is 28.8. The van der Waals surface area contributed by atoms with E-state index in [9.17, 15) is 26.4 Å². The number of sulfonamides is 1. The van der Waals surface area contributed by atoms with Gasteiger partial charge in [-0.25, -0.2) is 8.42 Å². The van der Waals surface area contributed by atoms with Crippen LogP contribution in [0.15, 0.2) is 120 Å². The third kappa shape index (κ3) is 6.18. The van der Waals surface area contributed by atoms with Gasteiger partial charge in [0.1, 0.15) is 6.54 Å². The number of hydrogen-bond donors (Lipinski definition) is 1. The van der Waals surface area contributed by atoms with Crippen LogP contribution in [-0.2, 0) is 21.0 Å². The number of anilines is 1. The molecule has 0 saturated carbocycles. The van der Waals surface area contributed by atoms with E-state index >= 15 is 0 Å². The zero-order valence-electron chi connectivity index (χ0n) is 19.5. The smallest absolute Gasteiger partial charge is 0.344 e. The zero-order valence-corrected chi connectivity index (χ0v) is 20.3. The van der Waals surface area contributed by atoms with Gasteiger partial charge in [-0.3, -0.25) is 9.10 Å². The van der Waals surface area contributed by atoms with Gasteiger partial charge in [-0.05, 0) is 41.5 Å². The van der Waals surface area contributed by atoms with Crippen LogP contribution in [0.2, 0.25) is 0 Å². The molecule has 37 heavy (non-hydrogen) atoms. The van der Waals surface area contributed by atoms with Gasteiger partial charge in [-0.2, -0.15) is 13.2 Å². The van der Waals surface area contributed by atoms with Crippen LogP contribution in [0.5, 0.6) is 0 Å². The number of carbonyl (C=O) groups is 1. The van der Waals surface area contributed by atoms with E-state index in [4.69, 9.17) is 0 Å². The van der Waals surface area contributed by atoms with E-state index < -0.39 is 40.3 Å². The van der Waals surface area contributed by atoms with Gasteiger partial charge >= 0.3 is 6.18 Å². The zero-order chi connectivity index (χ0) is 26.5. The van der Waals surface area contributed by atoms with Crippen LogP contribution in [0.3, 0.4) is 0 Å². The van der Waals surface area contributed by atoms with Gasteiger partial charge in [0.2, 0.25) is 5.91 Å². The average molecular weight is 525 g/mol. The standard InChI is InChI=1S/C28H23F3N2O3S/c29-28(30,31)23-15-10-16-24(19-23)33(37(35,36)25-17-8-3-9-18-25)20-26(34)32-27(21-11-4-1-5-12-21)22-13-6-2-7-14-22/h1-19,27H,20H2,(H,32,34). The fourth-order valence-electron chi connectivity index (χ4n) is 3.86. The Morgan fingerprint density at radius 2 is 1.27 bits per heavy atom. The maximum Gasteiger partial charge on any atom is 0.416 e. The molecule has 190 valence electrons. The highest BCUT2D eigenvalue weighted by Crippen LogP contribution is 2.33. The van der Waals surface area contributed by atoms with Gasteiger partial charge in [0.25, 0.3) is 10.0 Å². The molecule has 0 atom stereocenters. The van der Waals surface area contributed by atoms with Crippen LogP contribution < -0.4 is 9.62 Å². The summed E-state index contributed by atoms with van der Waals surface area (Å²) in [5.74, 6) is -0.686. The predicted octanol–water partition coefficient (Wildman–Crippen LogP) is 5.81. The Morgan fingerprint density at radius 1 is 0.757 bits per heavy atom. The van der Waals surface area contributed by atoms with Crippen LogP contribution >= 0.6 is 0 Å². The van der Waals surface area contributed by atoms with Gasteiger partial charge < -0.3 is 5.32 Å². The summed E-state index contributed by atoms with van der Waals surface area (Å²) in [7, 11) is -4.37. The molecule has 4 aromatic rings. The molecule has 0 unspecified atom stereocenters. The van der Waals surface area contributed by atoms with Crippen molar-refractivity contribution in [2.45, 2.75) is 17.1 Å². The monoisotopic (exact) mass is 524 g/mol. The number of amides is 1. The normalized spacial score (nSPS) is 11.8. The van der Waals surface area contributed by atoms with E-state index in [0.29, 0.717) is 4.31 Å². The van der Waals surface area contributed by atoms with E-state index in [0.717, 1.165) is 29.3 Å². The Hall–Kier alpha value is -4.11. The Kier molecular flexibility index (Phi) is 7.63. The fraction of sp³-hybridized carbons (Fsp3) is 0.107. The van der Waals surface area contributed by atoms with Crippen molar-refractivity contribution in [2.75, 3.05) is 10.8 Å².